The molecule has 1 N–H and O–H groups in total. The van der Waals surface area contributed by atoms with Crippen molar-refractivity contribution in [2.24, 2.45) is 15.6 Å². The lowest BCUT2D eigenvalue weighted by Crippen LogP contribution is -2.51. The summed E-state index contributed by atoms with van der Waals surface area (Å²) in [5, 5.41) is 11.9. The van der Waals surface area contributed by atoms with Crippen LogP contribution < -0.4 is 5.32 Å². The van der Waals surface area contributed by atoms with Crippen molar-refractivity contribution in [1.82, 2.24) is 5.32 Å². The summed E-state index contributed by atoms with van der Waals surface area (Å²) in [4.78, 5) is 13.7. The zero-order valence-corrected chi connectivity index (χ0v) is 18.1. The molecule has 0 fully saturated rings. The van der Waals surface area contributed by atoms with E-state index >= 15 is 0 Å². The molecule has 6 nitrogen and oxygen atoms in total. The van der Waals surface area contributed by atoms with Crippen molar-refractivity contribution in [2.45, 2.75) is 63.4 Å². The second kappa shape index (κ2) is 6.62. The van der Waals surface area contributed by atoms with Crippen LogP contribution in [-0.2, 0) is 20.0 Å². The molecule has 1 aromatic carbocycles. The van der Waals surface area contributed by atoms with Crippen LogP contribution in [0.3, 0.4) is 0 Å². The molecule has 0 bridgehead atoms. The van der Waals surface area contributed by atoms with Crippen molar-refractivity contribution >= 4 is 15.6 Å². The van der Waals surface area contributed by atoms with Crippen molar-refractivity contribution < 1.29 is 13.2 Å². The van der Waals surface area contributed by atoms with Crippen LogP contribution in [0.1, 0.15) is 52.5 Å². The average Bonchev–Trinajstić information content (AvgIpc) is 3.14. The highest BCUT2D eigenvalue weighted by Crippen LogP contribution is 2.53. The Hall–Kier alpha value is -2.28. The van der Waals surface area contributed by atoms with Crippen LogP contribution in [0.5, 0.6) is 0 Å². The van der Waals surface area contributed by atoms with Crippen LogP contribution in [-0.4, -0.2) is 26.1 Å². The van der Waals surface area contributed by atoms with Gasteiger partial charge in [-0.15, -0.1) is 0 Å². The molecule has 154 valence electrons. The molecule has 2 heterocycles. The van der Waals surface area contributed by atoms with Crippen LogP contribution in [0, 0.1) is 5.41 Å². The lowest BCUT2D eigenvalue weighted by Gasteiger charge is -2.47. The maximum atomic E-state index is 13.4. The SMILES string of the molecule is CCC1(c2cccc(S(=O)(=O)CC)c2)C2=CN=NC2NC2=C1C(=O)CC(C)(C)C2. The first kappa shape index (κ1) is 20.0. The molecule has 0 aromatic heterocycles. The fourth-order valence-corrected chi connectivity index (χ4v) is 5.94. The third-order valence-electron chi connectivity index (χ3n) is 6.38. The Kier molecular flexibility index (Phi) is 4.57. The minimum absolute atomic E-state index is 0.0359. The van der Waals surface area contributed by atoms with Gasteiger partial charge in [0.05, 0.1) is 22.3 Å². The van der Waals surface area contributed by atoms with Crippen molar-refractivity contribution in [1.29, 1.82) is 0 Å². The highest BCUT2D eigenvalue weighted by Gasteiger charge is 2.53. The van der Waals surface area contributed by atoms with E-state index in [1.165, 1.54) is 0 Å². The van der Waals surface area contributed by atoms with E-state index in [0.717, 1.165) is 28.8 Å². The number of sulfone groups is 1. The molecule has 2 aliphatic heterocycles. The number of fused-ring (bicyclic) bond motifs is 1. The van der Waals surface area contributed by atoms with E-state index in [2.05, 4.69) is 29.4 Å². The number of benzene rings is 1. The van der Waals surface area contributed by atoms with Gasteiger partial charge in [0, 0.05) is 23.3 Å². The number of ketones is 1. The van der Waals surface area contributed by atoms with E-state index in [9.17, 15) is 13.2 Å². The normalized spacial score (nSPS) is 27.9. The number of nitrogens with zero attached hydrogens (tertiary/aromatic N) is 2. The lowest BCUT2D eigenvalue weighted by molar-refractivity contribution is -0.119. The number of hydrogen-bond acceptors (Lipinski definition) is 6. The van der Waals surface area contributed by atoms with Crippen LogP contribution in [0.15, 0.2) is 62.4 Å². The maximum Gasteiger partial charge on any atom is 0.178 e. The fraction of sp³-hybridized carbons (Fsp3) is 0.500. The molecule has 0 spiro atoms. The molecule has 0 saturated carbocycles. The molecule has 1 aliphatic carbocycles. The molecule has 1 aromatic rings. The zero-order valence-electron chi connectivity index (χ0n) is 17.3. The summed E-state index contributed by atoms with van der Waals surface area (Å²) in [5.41, 5.74) is 2.55. The average molecular weight is 414 g/mol. The maximum absolute atomic E-state index is 13.4. The van der Waals surface area contributed by atoms with Gasteiger partial charge in [-0.2, -0.15) is 10.2 Å². The number of carbonyl (C=O) groups is 1. The van der Waals surface area contributed by atoms with Crippen LogP contribution >= 0.6 is 0 Å². The third-order valence-corrected chi connectivity index (χ3v) is 8.11. The van der Waals surface area contributed by atoms with Gasteiger partial charge in [0.25, 0.3) is 0 Å². The molecule has 0 amide bonds. The minimum Gasteiger partial charge on any atom is -0.362 e. The van der Waals surface area contributed by atoms with Crippen LogP contribution in [0.25, 0.3) is 0 Å². The third kappa shape index (κ3) is 2.98. The summed E-state index contributed by atoms with van der Waals surface area (Å²) in [6.07, 6.45) is 3.26. The number of rotatable bonds is 4. The second-order valence-electron chi connectivity index (χ2n) is 8.85. The van der Waals surface area contributed by atoms with Gasteiger partial charge in [-0.25, -0.2) is 8.42 Å². The monoisotopic (exact) mass is 413 g/mol. The molecule has 0 radical (unpaired) electrons. The minimum atomic E-state index is -3.36. The Bertz CT molecular complexity index is 1080. The Morgan fingerprint density at radius 2 is 1.97 bits per heavy atom. The Morgan fingerprint density at radius 1 is 1.21 bits per heavy atom. The number of azo groups is 1. The van der Waals surface area contributed by atoms with Gasteiger partial charge in [0.1, 0.15) is 0 Å². The Labute approximate surface area is 172 Å². The molecular weight excluding hydrogens is 386 g/mol. The van der Waals surface area contributed by atoms with Gasteiger partial charge in [-0.1, -0.05) is 39.8 Å². The van der Waals surface area contributed by atoms with Crippen LogP contribution in [0.4, 0.5) is 0 Å². The first-order chi connectivity index (χ1) is 13.6. The van der Waals surface area contributed by atoms with E-state index in [4.69, 9.17) is 0 Å². The number of nitrogens with one attached hydrogen (secondary N) is 1. The lowest BCUT2D eigenvalue weighted by atomic mass is 9.59. The number of Topliss-reactive ketones (excluding diaryl/α,β-unsaturated/α-hetero) is 1. The van der Waals surface area contributed by atoms with Gasteiger partial charge >= 0.3 is 0 Å². The topological polar surface area (TPSA) is 88.0 Å². The summed E-state index contributed by atoms with van der Waals surface area (Å²) in [6, 6.07) is 7.07. The molecule has 2 atom stereocenters. The summed E-state index contributed by atoms with van der Waals surface area (Å²) >= 11 is 0. The number of carbonyl (C=O) groups excluding carboxylic acids is 1. The summed E-state index contributed by atoms with van der Waals surface area (Å²) in [5.74, 6) is 0.148. The quantitative estimate of drug-likeness (QED) is 0.806. The highest BCUT2D eigenvalue weighted by molar-refractivity contribution is 7.91. The van der Waals surface area contributed by atoms with Gasteiger partial charge in [0.15, 0.2) is 21.8 Å². The summed E-state index contributed by atoms with van der Waals surface area (Å²) in [7, 11) is -3.36. The van der Waals surface area contributed by atoms with E-state index < -0.39 is 15.3 Å². The number of hydrogen-bond donors (Lipinski definition) is 1. The second-order valence-corrected chi connectivity index (χ2v) is 11.1. The largest absolute Gasteiger partial charge is 0.362 e. The van der Waals surface area contributed by atoms with E-state index in [-0.39, 0.29) is 23.1 Å². The fourth-order valence-electron chi connectivity index (χ4n) is 5.01. The Balaban J connectivity index is 1.99. The molecule has 3 aliphatic rings. The molecule has 0 saturated heterocycles. The molecule has 2 unspecified atom stereocenters. The number of allylic oxidation sites excluding steroid dienone is 2. The molecule has 4 rings (SSSR count). The van der Waals surface area contributed by atoms with E-state index in [1.54, 1.807) is 31.3 Å². The van der Waals surface area contributed by atoms with E-state index in [1.807, 2.05) is 13.0 Å². The van der Waals surface area contributed by atoms with E-state index in [0.29, 0.717) is 17.7 Å². The van der Waals surface area contributed by atoms with Crippen molar-refractivity contribution in [3.8, 4) is 0 Å². The van der Waals surface area contributed by atoms with Gasteiger partial charge in [-0.3, -0.25) is 4.79 Å². The van der Waals surface area contributed by atoms with Gasteiger partial charge < -0.3 is 5.32 Å². The predicted molar refractivity (Wildman–Crippen MR) is 111 cm³/mol. The first-order valence-corrected chi connectivity index (χ1v) is 11.8. The smallest absolute Gasteiger partial charge is 0.178 e. The van der Waals surface area contributed by atoms with Crippen molar-refractivity contribution in [3.63, 3.8) is 0 Å². The Morgan fingerprint density at radius 3 is 2.66 bits per heavy atom. The van der Waals surface area contributed by atoms with Gasteiger partial charge in [-0.05, 0) is 36.0 Å². The first-order valence-electron chi connectivity index (χ1n) is 10.1. The van der Waals surface area contributed by atoms with Gasteiger partial charge in [0.2, 0.25) is 0 Å². The standard InChI is InChI=1S/C22H27N3O3S/c1-5-22(14-8-7-9-15(10-14)29(27,28)6-2)16-13-23-25-20(16)24-17-11-21(3,4)12-18(26)19(17)22/h7-10,13,20,24H,5-6,11-12H2,1-4H3. The molecule has 7 heteroatoms. The summed E-state index contributed by atoms with van der Waals surface area (Å²) < 4.78 is 25.1. The van der Waals surface area contributed by atoms with Crippen LogP contribution in [0.2, 0.25) is 0 Å². The predicted octanol–water partition coefficient (Wildman–Crippen LogP) is 4.05. The molecular formula is C22H27N3O3S. The summed E-state index contributed by atoms with van der Waals surface area (Å²) in [6.45, 7) is 7.88. The zero-order chi connectivity index (χ0) is 21.0. The van der Waals surface area contributed by atoms with Crippen molar-refractivity contribution in [2.75, 3.05) is 5.75 Å². The van der Waals surface area contributed by atoms with Crippen molar-refractivity contribution in [3.05, 3.63) is 52.9 Å². The highest BCUT2D eigenvalue weighted by atomic mass is 32.2. The molecule has 29 heavy (non-hydrogen) atoms.